The second kappa shape index (κ2) is 11.6. The number of hydrogen-bond donors (Lipinski definition) is 3. The predicted molar refractivity (Wildman–Crippen MR) is 163 cm³/mol. The van der Waals surface area contributed by atoms with E-state index in [-0.39, 0.29) is 37.0 Å². The van der Waals surface area contributed by atoms with Gasteiger partial charge < -0.3 is 39.4 Å². The lowest BCUT2D eigenvalue weighted by molar-refractivity contribution is -0.176. The molecule has 4 bridgehead atoms. The number of thioether (sulfide) groups is 1. The van der Waals surface area contributed by atoms with E-state index in [1.165, 1.54) is 14.0 Å². The van der Waals surface area contributed by atoms with Crippen molar-refractivity contribution >= 4 is 29.6 Å². The molecule has 2 aromatic carbocycles. The van der Waals surface area contributed by atoms with E-state index in [1.54, 1.807) is 19.2 Å². The van der Waals surface area contributed by atoms with Gasteiger partial charge >= 0.3 is 24.0 Å². The zero-order chi connectivity index (χ0) is 35.2. The van der Waals surface area contributed by atoms with E-state index < -0.39 is 71.3 Å². The number of alkyl halides is 3. The van der Waals surface area contributed by atoms with Crippen molar-refractivity contribution in [3.8, 4) is 34.8 Å². The zero-order valence-electron chi connectivity index (χ0n) is 26.6. The molecule has 2 aromatic rings. The lowest BCUT2D eigenvalue weighted by atomic mass is 9.76. The van der Waals surface area contributed by atoms with Crippen LogP contribution in [0.2, 0.25) is 0 Å². The van der Waals surface area contributed by atoms with Gasteiger partial charge in [0.25, 0.3) is 0 Å². The highest BCUT2D eigenvalue weighted by Crippen LogP contribution is 2.64. The molecule has 1 amide bonds. The Hall–Kier alpha value is -4.40. The lowest BCUT2D eigenvalue weighted by Crippen LogP contribution is -2.69. The topological polar surface area (TPSA) is 169 Å². The summed E-state index contributed by atoms with van der Waals surface area (Å²) in [6, 6.07) is 0.199. The van der Waals surface area contributed by atoms with Crippen molar-refractivity contribution in [1.82, 2.24) is 15.5 Å². The van der Waals surface area contributed by atoms with Gasteiger partial charge in [0, 0.05) is 53.9 Å². The SMILES string of the molecule is COc1c(C)cc2c(c1O)C1NC[C@@](C#N)(C2)N2C1[C@@H]1SCC(NC(=O)C(F)(F)F)C(=O)OC[C@H]2c2c3c(c(C)c(OC(C)=O)c21)OCO3. The number of fused-ring (bicyclic) bond motifs is 6. The minimum atomic E-state index is -5.26. The third kappa shape index (κ3) is 4.94. The fraction of sp³-hybridized carbons (Fsp3) is 0.500. The van der Waals surface area contributed by atoms with Crippen molar-refractivity contribution in [2.24, 2.45) is 0 Å². The summed E-state index contributed by atoms with van der Waals surface area (Å²) in [4.78, 5) is 39.9. The molecule has 8 rings (SSSR count). The Labute approximate surface area is 281 Å². The number of aromatic hydroxyl groups is 1. The number of esters is 2. The number of benzene rings is 2. The van der Waals surface area contributed by atoms with Crippen molar-refractivity contribution < 1.29 is 56.3 Å². The molecule has 49 heavy (non-hydrogen) atoms. The second-order valence-electron chi connectivity index (χ2n) is 12.6. The van der Waals surface area contributed by atoms with E-state index in [2.05, 4.69) is 11.4 Å². The molecule has 7 atom stereocenters. The number of nitriles is 1. The Morgan fingerprint density at radius 1 is 1.18 bits per heavy atom. The first-order valence-electron chi connectivity index (χ1n) is 15.3. The van der Waals surface area contributed by atoms with Gasteiger partial charge in [0.15, 0.2) is 23.0 Å². The number of cyclic esters (lactones) is 1. The number of halogens is 3. The Kier molecular flexibility index (Phi) is 7.84. The van der Waals surface area contributed by atoms with E-state index in [9.17, 15) is 37.9 Å². The number of phenolic OH excluding ortho intramolecular Hbond substituents is 1. The number of rotatable bonds is 3. The first-order chi connectivity index (χ1) is 23.2. The number of nitrogens with zero attached hydrogens (tertiary/aromatic N) is 2. The highest BCUT2D eigenvalue weighted by Gasteiger charge is 2.62. The summed E-state index contributed by atoms with van der Waals surface area (Å²) >= 11 is 1.02. The van der Waals surface area contributed by atoms with Crippen molar-refractivity contribution in [3.63, 3.8) is 0 Å². The van der Waals surface area contributed by atoms with Gasteiger partial charge in [0.05, 0.1) is 30.5 Å². The maximum absolute atomic E-state index is 13.4. The molecular weight excluding hydrogens is 673 g/mol. The Morgan fingerprint density at radius 2 is 1.92 bits per heavy atom. The van der Waals surface area contributed by atoms with E-state index in [4.69, 9.17) is 23.7 Å². The monoisotopic (exact) mass is 704 g/mol. The van der Waals surface area contributed by atoms with E-state index in [1.807, 2.05) is 11.0 Å². The van der Waals surface area contributed by atoms with Gasteiger partial charge in [0.2, 0.25) is 6.79 Å². The standard InChI is InChI=1S/C32H31F3N4O9S/c1-12-5-15-6-31(9-36)10-37-21(18(15)23(41)24(12)44-4)22-28-20-19(27-26(46-11-47-27)13(2)25(20)48-14(3)40)17(39(22)31)7-45-29(42)16(8-49-28)38-30(43)32(33,34)35/h5,16-17,21-22,28,37,41H,6-8,10-11H2,1-4H3,(H,38,43)/t16?,17-,21?,22?,28+,31-/m0/s1. The first-order valence-corrected chi connectivity index (χ1v) is 16.4. The van der Waals surface area contributed by atoms with Crippen molar-refractivity contribution in [2.75, 3.05) is 32.8 Å². The van der Waals surface area contributed by atoms with Crippen molar-refractivity contribution in [2.45, 2.75) is 68.3 Å². The third-order valence-corrected chi connectivity index (χ3v) is 11.2. The maximum Gasteiger partial charge on any atom is 0.471 e. The number of hydrogen-bond acceptors (Lipinski definition) is 13. The molecule has 0 saturated carbocycles. The molecule has 6 aliphatic rings. The van der Waals surface area contributed by atoms with Crippen LogP contribution in [0.3, 0.4) is 0 Å². The highest BCUT2D eigenvalue weighted by atomic mass is 32.2. The molecule has 2 saturated heterocycles. The van der Waals surface area contributed by atoms with Crippen LogP contribution < -0.4 is 29.6 Å². The van der Waals surface area contributed by atoms with Crippen LogP contribution in [-0.4, -0.2) is 84.5 Å². The number of carbonyl (C=O) groups is 3. The predicted octanol–water partition coefficient (Wildman–Crippen LogP) is 2.94. The summed E-state index contributed by atoms with van der Waals surface area (Å²) in [5.74, 6) is -3.61. The normalized spacial score (nSPS) is 29.4. The van der Waals surface area contributed by atoms with Gasteiger partial charge in [-0.05, 0) is 25.0 Å². The molecule has 260 valence electrons. The third-order valence-electron chi connectivity index (χ3n) is 9.80. The van der Waals surface area contributed by atoms with Crippen LogP contribution in [0.25, 0.3) is 0 Å². The highest BCUT2D eigenvalue weighted by molar-refractivity contribution is 7.99. The largest absolute Gasteiger partial charge is 0.504 e. The van der Waals surface area contributed by atoms with Crippen LogP contribution in [0.1, 0.15) is 57.6 Å². The second-order valence-corrected chi connectivity index (χ2v) is 13.8. The Balaban J connectivity index is 1.51. The molecule has 2 fully saturated rings. The minimum absolute atomic E-state index is 0.129. The molecule has 0 spiro atoms. The molecule has 17 heteroatoms. The van der Waals surface area contributed by atoms with E-state index in [0.29, 0.717) is 44.9 Å². The average Bonchev–Trinajstić information content (AvgIpc) is 3.43. The first kappa shape index (κ1) is 33.1. The molecule has 13 nitrogen and oxygen atoms in total. The number of nitrogens with one attached hydrogen (secondary N) is 2. The number of carbonyl (C=O) groups excluding carboxylic acids is 3. The summed E-state index contributed by atoms with van der Waals surface area (Å²) in [5, 5.41) is 27.1. The summed E-state index contributed by atoms with van der Waals surface area (Å²) in [7, 11) is 1.43. The van der Waals surface area contributed by atoms with Crippen molar-refractivity contribution in [1.29, 1.82) is 5.26 Å². The van der Waals surface area contributed by atoms with Crippen LogP contribution in [0.15, 0.2) is 6.07 Å². The van der Waals surface area contributed by atoms with Gasteiger partial charge in [0.1, 0.15) is 23.9 Å². The van der Waals surface area contributed by atoms with Gasteiger partial charge in [-0.15, -0.1) is 11.8 Å². The maximum atomic E-state index is 13.4. The molecule has 3 N–H and O–H groups in total. The van der Waals surface area contributed by atoms with Gasteiger partial charge in [-0.25, -0.2) is 4.79 Å². The molecule has 6 aliphatic heterocycles. The van der Waals surface area contributed by atoms with E-state index in [0.717, 1.165) is 11.8 Å². The number of methoxy groups -OCH3 is 1. The summed E-state index contributed by atoms with van der Waals surface area (Å²) in [5.41, 5.74) is 1.79. The zero-order valence-corrected chi connectivity index (χ0v) is 27.5. The number of amides is 1. The van der Waals surface area contributed by atoms with Crippen LogP contribution in [-0.2, 0) is 25.5 Å². The molecule has 6 heterocycles. The fourth-order valence-electron chi connectivity index (χ4n) is 7.98. The number of ether oxygens (including phenoxy) is 5. The molecule has 0 aliphatic carbocycles. The van der Waals surface area contributed by atoms with Crippen LogP contribution in [0, 0.1) is 25.2 Å². The lowest BCUT2D eigenvalue weighted by Gasteiger charge is -2.58. The molecule has 0 aromatic heterocycles. The van der Waals surface area contributed by atoms with Crippen LogP contribution in [0.5, 0.6) is 28.7 Å². The summed E-state index contributed by atoms with van der Waals surface area (Å²) in [6.07, 6.45) is -5.12. The van der Waals surface area contributed by atoms with Crippen LogP contribution >= 0.6 is 11.8 Å². The average molecular weight is 705 g/mol. The quantitative estimate of drug-likeness (QED) is 0.315. The van der Waals surface area contributed by atoms with Crippen LogP contribution in [0.4, 0.5) is 13.2 Å². The molecular formula is C32H31F3N4O9S. The van der Waals surface area contributed by atoms with Gasteiger partial charge in [-0.2, -0.15) is 18.4 Å². The Morgan fingerprint density at radius 3 is 2.59 bits per heavy atom. The number of phenols is 1. The van der Waals surface area contributed by atoms with E-state index >= 15 is 0 Å². The number of aryl methyl sites for hydroxylation is 1. The van der Waals surface area contributed by atoms with Gasteiger partial charge in [-0.3, -0.25) is 14.5 Å². The number of piperazine rings is 1. The molecule has 0 radical (unpaired) electrons. The summed E-state index contributed by atoms with van der Waals surface area (Å²) in [6.45, 7) is 4.16. The minimum Gasteiger partial charge on any atom is -0.504 e. The van der Waals surface area contributed by atoms with Gasteiger partial charge in [-0.1, -0.05) is 6.07 Å². The van der Waals surface area contributed by atoms with Crippen molar-refractivity contribution in [3.05, 3.63) is 39.4 Å². The fourth-order valence-corrected chi connectivity index (χ4v) is 9.49. The Bertz CT molecular complexity index is 1850. The smallest absolute Gasteiger partial charge is 0.471 e. The molecule has 4 unspecified atom stereocenters. The summed E-state index contributed by atoms with van der Waals surface area (Å²) < 4.78 is 69.0.